The first-order chi connectivity index (χ1) is 11.3. The van der Waals surface area contributed by atoms with Gasteiger partial charge in [0.2, 0.25) is 0 Å². The number of rotatable bonds is 3. The van der Waals surface area contributed by atoms with Gasteiger partial charge in [-0.1, -0.05) is 29.8 Å². The molecule has 1 aliphatic carbocycles. The van der Waals surface area contributed by atoms with Crippen LogP contribution in [0.15, 0.2) is 30.5 Å². The summed E-state index contributed by atoms with van der Waals surface area (Å²) >= 11 is 0. The molecule has 3 heterocycles. The highest BCUT2D eigenvalue weighted by molar-refractivity contribution is 5.60. The lowest BCUT2D eigenvalue weighted by molar-refractivity contribution is 0.303. The van der Waals surface area contributed by atoms with Gasteiger partial charge in [-0.3, -0.25) is 0 Å². The summed E-state index contributed by atoms with van der Waals surface area (Å²) in [7, 11) is 0. The molecule has 1 aromatic heterocycles. The van der Waals surface area contributed by atoms with Gasteiger partial charge in [-0.05, 0) is 43.1 Å². The largest absolute Gasteiger partial charge is 0.328 e. The first kappa shape index (κ1) is 13.8. The van der Waals surface area contributed by atoms with Gasteiger partial charge < -0.3 is 9.47 Å². The quantitative estimate of drug-likeness (QED) is 0.867. The lowest BCUT2D eigenvalue weighted by atomic mass is 9.89. The summed E-state index contributed by atoms with van der Waals surface area (Å²) in [5.41, 5.74) is 3.93. The summed E-state index contributed by atoms with van der Waals surface area (Å²) in [6.45, 7) is 7.25. The first-order valence-corrected chi connectivity index (χ1v) is 9.10. The van der Waals surface area contributed by atoms with Crippen LogP contribution in [0.25, 0.3) is 11.3 Å². The minimum absolute atomic E-state index is 0.819. The molecule has 2 atom stereocenters. The normalized spacial score (nSPS) is 27.0. The molecule has 2 fully saturated rings. The van der Waals surface area contributed by atoms with Crippen LogP contribution < -0.4 is 0 Å². The highest BCUT2D eigenvalue weighted by atomic mass is 15.2. The maximum Gasteiger partial charge on any atom is 0.109 e. The zero-order valence-electron chi connectivity index (χ0n) is 13.9. The highest BCUT2D eigenvalue weighted by Crippen LogP contribution is 2.37. The van der Waals surface area contributed by atoms with E-state index in [1.54, 1.807) is 0 Å². The Morgan fingerprint density at radius 3 is 2.61 bits per heavy atom. The standard InChI is InChI=1S/C20H25N3/c1-14-2-6-16(7-3-14)19-9-21-20-8-17-11-22(10-15-4-5-15)12-18(17)13-23(19)20/h2-3,6-7,9,15,17-18H,4-5,8,10-13H2,1H3/t17-,18+/m1/s1. The number of hydrogen-bond donors (Lipinski definition) is 0. The Morgan fingerprint density at radius 2 is 1.83 bits per heavy atom. The van der Waals surface area contributed by atoms with Crippen LogP contribution in [0.2, 0.25) is 0 Å². The number of imidazole rings is 1. The molecule has 1 saturated carbocycles. The topological polar surface area (TPSA) is 21.1 Å². The predicted molar refractivity (Wildman–Crippen MR) is 92.2 cm³/mol. The third-order valence-electron chi connectivity index (χ3n) is 6.01. The van der Waals surface area contributed by atoms with Crippen molar-refractivity contribution >= 4 is 0 Å². The van der Waals surface area contributed by atoms with E-state index < -0.39 is 0 Å². The summed E-state index contributed by atoms with van der Waals surface area (Å²) in [5, 5.41) is 0. The van der Waals surface area contributed by atoms with Crippen molar-refractivity contribution in [1.29, 1.82) is 0 Å². The van der Waals surface area contributed by atoms with Crippen molar-refractivity contribution in [3.63, 3.8) is 0 Å². The maximum atomic E-state index is 4.76. The van der Waals surface area contributed by atoms with E-state index in [9.17, 15) is 0 Å². The average molecular weight is 307 g/mol. The van der Waals surface area contributed by atoms with Crippen molar-refractivity contribution in [3.8, 4) is 11.3 Å². The van der Waals surface area contributed by atoms with E-state index in [-0.39, 0.29) is 0 Å². The fraction of sp³-hybridized carbons (Fsp3) is 0.550. The summed E-state index contributed by atoms with van der Waals surface area (Å²) in [6.07, 6.45) is 6.18. The number of fused-ring (bicyclic) bond motifs is 2. The van der Waals surface area contributed by atoms with Gasteiger partial charge in [-0.15, -0.1) is 0 Å². The van der Waals surface area contributed by atoms with Crippen LogP contribution in [0.5, 0.6) is 0 Å². The zero-order valence-corrected chi connectivity index (χ0v) is 13.9. The third kappa shape index (κ3) is 2.51. The summed E-state index contributed by atoms with van der Waals surface area (Å²) in [6, 6.07) is 8.88. The lowest BCUT2D eigenvalue weighted by Gasteiger charge is -2.27. The van der Waals surface area contributed by atoms with Crippen molar-refractivity contribution in [2.45, 2.75) is 32.7 Å². The molecule has 3 nitrogen and oxygen atoms in total. The van der Waals surface area contributed by atoms with Crippen LogP contribution in [0, 0.1) is 24.7 Å². The Bertz CT molecular complexity index is 711. The van der Waals surface area contributed by atoms with Crippen LogP contribution >= 0.6 is 0 Å². The molecule has 1 saturated heterocycles. The van der Waals surface area contributed by atoms with E-state index in [1.807, 2.05) is 0 Å². The SMILES string of the molecule is Cc1ccc(-c2cnc3n2C[C@@H]2CN(CC4CC4)C[C@H]2C3)cc1. The predicted octanol–water partition coefficient (Wildman–Crippen LogP) is 3.37. The molecule has 0 bridgehead atoms. The Hall–Kier alpha value is -1.61. The second-order valence-corrected chi connectivity index (χ2v) is 7.92. The van der Waals surface area contributed by atoms with Crippen LogP contribution in [0.1, 0.15) is 24.2 Å². The molecular formula is C20H25N3. The molecule has 0 unspecified atom stereocenters. The zero-order chi connectivity index (χ0) is 15.4. The van der Waals surface area contributed by atoms with Crippen molar-refractivity contribution in [3.05, 3.63) is 41.9 Å². The van der Waals surface area contributed by atoms with Gasteiger partial charge in [0.15, 0.2) is 0 Å². The van der Waals surface area contributed by atoms with Crippen LogP contribution in [-0.4, -0.2) is 34.1 Å². The van der Waals surface area contributed by atoms with E-state index in [0.29, 0.717) is 0 Å². The van der Waals surface area contributed by atoms with Crippen LogP contribution in [-0.2, 0) is 13.0 Å². The fourth-order valence-corrected chi connectivity index (χ4v) is 4.49. The van der Waals surface area contributed by atoms with Gasteiger partial charge in [0.25, 0.3) is 0 Å². The molecule has 120 valence electrons. The van der Waals surface area contributed by atoms with Gasteiger partial charge in [-0.25, -0.2) is 4.98 Å². The van der Waals surface area contributed by atoms with Crippen LogP contribution in [0.3, 0.4) is 0 Å². The summed E-state index contributed by atoms with van der Waals surface area (Å²) < 4.78 is 2.49. The summed E-state index contributed by atoms with van der Waals surface area (Å²) in [4.78, 5) is 7.49. The molecule has 1 aromatic carbocycles. The molecule has 2 aromatic rings. The van der Waals surface area contributed by atoms with Crippen LogP contribution in [0.4, 0.5) is 0 Å². The molecule has 2 aliphatic heterocycles. The van der Waals surface area contributed by atoms with E-state index in [0.717, 1.165) is 30.7 Å². The van der Waals surface area contributed by atoms with E-state index in [2.05, 4.69) is 46.9 Å². The molecule has 0 amide bonds. The molecule has 3 heteroatoms. The van der Waals surface area contributed by atoms with Gasteiger partial charge in [-0.2, -0.15) is 0 Å². The second kappa shape index (κ2) is 5.20. The molecule has 0 radical (unpaired) electrons. The molecule has 0 spiro atoms. The Balaban J connectivity index is 1.39. The Kier molecular flexibility index (Phi) is 3.12. The molecule has 5 rings (SSSR count). The Labute approximate surface area is 138 Å². The highest BCUT2D eigenvalue weighted by Gasteiger charge is 2.39. The number of aryl methyl sites for hydroxylation is 1. The smallest absolute Gasteiger partial charge is 0.109 e. The number of benzene rings is 1. The van der Waals surface area contributed by atoms with Gasteiger partial charge in [0, 0.05) is 32.6 Å². The summed E-state index contributed by atoms with van der Waals surface area (Å²) in [5.74, 6) is 3.96. The van der Waals surface area contributed by atoms with E-state index >= 15 is 0 Å². The minimum atomic E-state index is 0.819. The molecule has 0 N–H and O–H groups in total. The maximum absolute atomic E-state index is 4.76. The van der Waals surface area contributed by atoms with Gasteiger partial charge >= 0.3 is 0 Å². The number of hydrogen-bond acceptors (Lipinski definition) is 2. The lowest BCUT2D eigenvalue weighted by Crippen LogP contribution is -2.28. The first-order valence-electron chi connectivity index (χ1n) is 9.10. The fourth-order valence-electron chi connectivity index (χ4n) is 4.49. The van der Waals surface area contributed by atoms with E-state index in [4.69, 9.17) is 4.98 Å². The number of aromatic nitrogens is 2. The van der Waals surface area contributed by atoms with Crippen molar-refractivity contribution < 1.29 is 0 Å². The van der Waals surface area contributed by atoms with Crippen molar-refractivity contribution in [2.24, 2.45) is 17.8 Å². The van der Waals surface area contributed by atoms with Gasteiger partial charge in [0.1, 0.15) is 5.82 Å². The van der Waals surface area contributed by atoms with E-state index in [1.165, 1.54) is 55.1 Å². The minimum Gasteiger partial charge on any atom is -0.328 e. The number of nitrogens with zero attached hydrogens (tertiary/aromatic N) is 3. The average Bonchev–Trinajstić information content (AvgIpc) is 3.13. The third-order valence-corrected chi connectivity index (χ3v) is 6.01. The molecule has 3 aliphatic rings. The molecular weight excluding hydrogens is 282 g/mol. The van der Waals surface area contributed by atoms with Crippen molar-refractivity contribution in [1.82, 2.24) is 14.5 Å². The Morgan fingerprint density at radius 1 is 1.04 bits per heavy atom. The van der Waals surface area contributed by atoms with Crippen molar-refractivity contribution in [2.75, 3.05) is 19.6 Å². The number of likely N-dealkylation sites (tertiary alicyclic amines) is 1. The molecule has 23 heavy (non-hydrogen) atoms. The second-order valence-electron chi connectivity index (χ2n) is 7.92. The monoisotopic (exact) mass is 307 g/mol. The van der Waals surface area contributed by atoms with Gasteiger partial charge in [0.05, 0.1) is 11.9 Å².